The van der Waals surface area contributed by atoms with E-state index >= 15 is 0 Å². The predicted octanol–water partition coefficient (Wildman–Crippen LogP) is 22.7. The lowest BCUT2D eigenvalue weighted by atomic mass is 10.0. The number of allylic oxidation sites excluding steroid dienone is 5. The largest absolute Gasteiger partial charge is 0.466 e. The monoisotopic (exact) mass is 1100 g/mol. The fraction of sp³-hybridized carbons (Fsp3) is 0.889. The third-order valence-corrected chi connectivity index (χ3v) is 16.4. The van der Waals surface area contributed by atoms with Crippen molar-refractivity contribution in [3.63, 3.8) is 0 Å². The minimum Gasteiger partial charge on any atom is -0.466 e. The van der Waals surface area contributed by atoms with E-state index in [1.54, 1.807) is 6.08 Å². The van der Waals surface area contributed by atoms with Crippen molar-refractivity contribution in [2.45, 2.75) is 398 Å². The van der Waals surface area contributed by atoms with E-state index in [0.717, 1.165) is 44.9 Å². The molecular weight excluding hydrogens is 959 g/mol. The Kier molecular flexibility index (Phi) is 65.9. The predicted molar refractivity (Wildman–Crippen MR) is 343 cm³/mol. The van der Waals surface area contributed by atoms with Gasteiger partial charge in [0.1, 0.15) is 0 Å². The van der Waals surface area contributed by atoms with Crippen LogP contribution in [-0.2, 0) is 14.3 Å². The lowest BCUT2D eigenvalue weighted by molar-refractivity contribution is -0.143. The average Bonchev–Trinajstić information content (AvgIpc) is 3.44. The summed E-state index contributed by atoms with van der Waals surface area (Å²) >= 11 is 0. The van der Waals surface area contributed by atoms with E-state index in [2.05, 4.69) is 43.5 Å². The number of ether oxygens (including phenoxy) is 1. The van der Waals surface area contributed by atoms with Crippen LogP contribution in [0.4, 0.5) is 0 Å². The van der Waals surface area contributed by atoms with Gasteiger partial charge in [0.15, 0.2) is 0 Å². The van der Waals surface area contributed by atoms with Crippen LogP contribution in [-0.4, -0.2) is 47.4 Å². The number of carbonyl (C=O) groups is 2. The number of hydrogen-bond acceptors (Lipinski definition) is 5. The van der Waals surface area contributed by atoms with Gasteiger partial charge in [-0.05, 0) is 64.2 Å². The first-order chi connectivity index (χ1) is 38.5. The van der Waals surface area contributed by atoms with E-state index < -0.39 is 12.1 Å². The number of hydrogen-bond donors (Lipinski definition) is 3. The van der Waals surface area contributed by atoms with Gasteiger partial charge in [0.25, 0.3) is 0 Å². The number of unbranched alkanes of at least 4 members (excludes halogenated alkanes) is 51. The minimum atomic E-state index is -0.845. The molecule has 6 nitrogen and oxygen atoms in total. The molecule has 0 fully saturated rings. The average molecular weight is 1100 g/mol. The molecule has 0 radical (unpaired) electrons. The zero-order chi connectivity index (χ0) is 56.4. The van der Waals surface area contributed by atoms with Gasteiger partial charge in [-0.3, -0.25) is 9.59 Å². The van der Waals surface area contributed by atoms with Crippen molar-refractivity contribution in [1.29, 1.82) is 0 Å². The third kappa shape index (κ3) is 63.3. The van der Waals surface area contributed by atoms with Crippen LogP contribution < -0.4 is 5.32 Å². The summed E-state index contributed by atoms with van der Waals surface area (Å²) in [6, 6.07) is -0.629. The second-order valence-corrected chi connectivity index (χ2v) is 24.2. The molecule has 0 spiro atoms. The lowest BCUT2D eigenvalue weighted by Crippen LogP contribution is -2.45. The van der Waals surface area contributed by atoms with Crippen LogP contribution in [0.3, 0.4) is 0 Å². The minimum absolute atomic E-state index is 0.0160. The van der Waals surface area contributed by atoms with Gasteiger partial charge in [-0.15, -0.1) is 0 Å². The molecule has 0 aromatic rings. The molecule has 0 aromatic heterocycles. The highest BCUT2D eigenvalue weighted by atomic mass is 16.5. The number of rotatable bonds is 66. The molecule has 3 N–H and O–H groups in total. The summed E-state index contributed by atoms with van der Waals surface area (Å²) in [5.41, 5.74) is 0. The summed E-state index contributed by atoms with van der Waals surface area (Å²) in [6.07, 6.45) is 86.5. The molecule has 0 saturated carbocycles. The molecule has 2 atom stereocenters. The van der Waals surface area contributed by atoms with Crippen molar-refractivity contribution < 1.29 is 24.5 Å². The van der Waals surface area contributed by atoms with E-state index in [4.69, 9.17) is 4.74 Å². The SMILES string of the molecule is CCCCCCCCCCCCCCC/C=C/C(O)C(CO)NC(=O)CCCCCCCCCCCCCCC/C=C\C/C=C\CCCCCCCCCCCOC(=O)CCCCCCCCCCCCCCCCCCC. The smallest absolute Gasteiger partial charge is 0.305 e. The molecule has 0 bridgehead atoms. The molecule has 0 rings (SSSR count). The number of amides is 1. The van der Waals surface area contributed by atoms with E-state index in [1.165, 1.54) is 315 Å². The molecule has 6 heteroatoms. The number of esters is 1. The maximum Gasteiger partial charge on any atom is 0.305 e. The molecule has 0 aliphatic rings. The Morgan fingerprint density at radius 1 is 0.359 bits per heavy atom. The molecule has 78 heavy (non-hydrogen) atoms. The first-order valence-electron chi connectivity index (χ1n) is 35.3. The summed E-state index contributed by atoms with van der Waals surface area (Å²) in [5, 5.41) is 23.2. The van der Waals surface area contributed by atoms with Gasteiger partial charge >= 0.3 is 5.97 Å². The van der Waals surface area contributed by atoms with Crippen LogP contribution in [0.2, 0.25) is 0 Å². The Labute approximate surface area is 487 Å². The second-order valence-electron chi connectivity index (χ2n) is 24.2. The van der Waals surface area contributed by atoms with Crippen molar-refractivity contribution in [2.24, 2.45) is 0 Å². The van der Waals surface area contributed by atoms with Crippen LogP contribution in [0.5, 0.6) is 0 Å². The fourth-order valence-electron chi connectivity index (χ4n) is 11.0. The molecule has 1 amide bonds. The Bertz CT molecular complexity index is 1260. The number of carbonyl (C=O) groups excluding carboxylic acids is 2. The molecule has 0 aliphatic carbocycles. The van der Waals surface area contributed by atoms with Gasteiger partial charge < -0.3 is 20.3 Å². The van der Waals surface area contributed by atoms with Gasteiger partial charge in [-0.2, -0.15) is 0 Å². The summed E-state index contributed by atoms with van der Waals surface area (Å²) in [6.45, 7) is 4.93. The van der Waals surface area contributed by atoms with Crippen molar-refractivity contribution in [3.8, 4) is 0 Å². The quantitative estimate of drug-likeness (QED) is 0.0320. The normalized spacial score (nSPS) is 12.7. The summed E-state index contributed by atoms with van der Waals surface area (Å²) in [7, 11) is 0. The molecule has 2 unspecified atom stereocenters. The van der Waals surface area contributed by atoms with Gasteiger partial charge in [-0.1, -0.05) is 346 Å². The van der Waals surface area contributed by atoms with Gasteiger partial charge in [0.2, 0.25) is 5.91 Å². The third-order valence-electron chi connectivity index (χ3n) is 16.4. The van der Waals surface area contributed by atoms with Crippen molar-refractivity contribution in [1.82, 2.24) is 5.32 Å². The van der Waals surface area contributed by atoms with Crippen molar-refractivity contribution in [2.75, 3.05) is 13.2 Å². The highest BCUT2D eigenvalue weighted by Gasteiger charge is 2.18. The Morgan fingerprint density at radius 2 is 0.641 bits per heavy atom. The van der Waals surface area contributed by atoms with Gasteiger partial charge in [-0.25, -0.2) is 0 Å². The Morgan fingerprint density at radius 3 is 0.974 bits per heavy atom. The van der Waals surface area contributed by atoms with Crippen LogP contribution in [0, 0.1) is 0 Å². The van der Waals surface area contributed by atoms with Crippen molar-refractivity contribution >= 4 is 11.9 Å². The van der Waals surface area contributed by atoms with E-state index in [9.17, 15) is 19.8 Å². The summed E-state index contributed by atoms with van der Waals surface area (Å²) in [5.74, 6) is -0.0510. The number of aliphatic hydroxyl groups is 2. The van der Waals surface area contributed by atoms with E-state index in [0.29, 0.717) is 19.4 Å². The summed E-state index contributed by atoms with van der Waals surface area (Å²) < 4.78 is 5.50. The molecule has 0 heterocycles. The zero-order valence-corrected chi connectivity index (χ0v) is 52.7. The van der Waals surface area contributed by atoms with Crippen molar-refractivity contribution in [3.05, 3.63) is 36.5 Å². The summed E-state index contributed by atoms with van der Waals surface area (Å²) in [4.78, 5) is 24.6. The van der Waals surface area contributed by atoms with Gasteiger partial charge in [0.05, 0.1) is 25.4 Å². The maximum absolute atomic E-state index is 12.5. The topological polar surface area (TPSA) is 95.9 Å². The molecule has 0 aliphatic heterocycles. The molecular formula is C72H137NO5. The number of aliphatic hydroxyl groups excluding tert-OH is 2. The molecule has 460 valence electrons. The number of nitrogens with one attached hydrogen (secondary N) is 1. The van der Waals surface area contributed by atoms with E-state index in [-0.39, 0.29) is 18.5 Å². The van der Waals surface area contributed by atoms with Crippen LogP contribution in [0.1, 0.15) is 386 Å². The second kappa shape index (κ2) is 67.6. The van der Waals surface area contributed by atoms with Crippen LogP contribution in [0.25, 0.3) is 0 Å². The van der Waals surface area contributed by atoms with Crippen LogP contribution >= 0.6 is 0 Å². The highest BCUT2D eigenvalue weighted by Crippen LogP contribution is 2.18. The first-order valence-corrected chi connectivity index (χ1v) is 35.3. The Balaban J connectivity index is 3.40. The first kappa shape index (κ1) is 76.1. The maximum atomic E-state index is 12.5. The van der Waals surface area contributed by atoms with Crippen LogP contribution in [0.15, 0.2) is 36.5 Å². The Hall–Kier alpha value is -1.92. The zero-order valence-electron chi connectivity index (χ0n) is 52.7. The molecule has 0 aromatic carbocycles. The fourth-order valence-corrected chi connectivity index (χ4v) is 11.0. The lowest BCUT2D eigenvalue weighted by Gasteiger charge is -2.20. The highest BCUT2D eigenvalue weighted by molar-refractivity contribution is 5.76. The van der Waals surface area contributed by atoms with Gasteiger partial charge in [0, 0.05) is 12.8 Å². The van der Waals surface area contributed by atoms with E-state index in [1.807, 2.05) is 6.08 Å². The standard InChI is InChI=1S/C72H137NO5/c1-3-5-7-9-11-13-15-17-19-33-38-42-46-50-54-58-62-66-72(77)78-67-63-59-55-51-47-43-39-35-32-30-28-26-24-22-20-21-23-25-27-29-31-34-37-41-45-49-53-57-61-65-71(76)73-69(68-74)70(75)64-60-56-52-48-44-40-36-18-16-14-12-10-8-6-4-2/h20,22,26,28,60,64,69-70,74-75H,3-19,21,23-25,27,29-59,61-63,65-68H2,1-2H3,(H,73,76)/b22-20-,28-26-,64-60+. The molecule has 0 saturated heterocycles.